The Balaban J connectivity index is 1.56. The quantitative estimate of drug-likeness (QED) is 0.881. The standard InChI is InChI=1S/C15H15BrFNO2/c16-12-8(15(19)20)3-4-9(13(12)17)18-14-10-6-1-2-7(5-6)11(10)14/h3-4,6-7,10-11,14,18H,1-2,5H2,(H,19,20). The van der Waals surface area contributed by atoms with Crippen LogP contribution in [0.3, 0.4) is 0 Å². The van der Waals surface area contributed by atoms with Crippen LogP contribution in [0.2, 0.25) is 0 Å². The molecule has 3 saturated carbocycles. The number of halogens is 2. The Morgan fingerprint density at radius 3 is 2.55 bits per heavy atom. The Bertz CT molecular complexity index is 590. The van der Waals surface area contributed by atoms with Crippen LogP contribution in [0.1, 0.15) is 29.6 Å². The summed E-state index contributed by atoms with van der Waals surface area (Å²) in [5.41, 5.74) is 0.379. The van der Waals surface area contributed by atoms with Gasteiger partial charge in [-0.15, -0.1) is 0 Å². The summed E-state index contributed by atoms with van der Waals surface area (Å²) >= 11 is 3.04. The van der Waals surface area contributed by atoms with Gasteiger partial charge in [-0.25, -0.2) is 9.18 Å². The lowest BCUT2D eigenvalue weighted by molar-refractivity contribution is 0.0695. The highest BCUT2D eigenvalue weighted by molar-refractivity contribution is 9.10. The number of carbonyl (C=O) groups is 1. The molecule has 3 nitrogen and oxygen atoms in total. The number of carboxylic acid groups (broad SMARTS) is 1. The molecule has 3 aliphatic carbocycles. The lowest BCUT2D eigenvalue weighted by Gasteiger charge is -2.13. The third kappa shape index (κ3) is 1.65. The summed E-state index contributed by atoms with van der Waals surface area (Å²) in [5.74, 6) is 1.46. The second-order valence-electron chi connectivity index (χ2n) is 6.25. The number of hydrogen-bond acceptors (Lipinski definition) is 2. The average molecular weight is 340 g/mol. The van der Waals surface area contributed by atoms with Crippen molar-refractivity contribution in [3.63, 3.8) is 0 Å². The van der Waals surface area contributed by atoms with E-state index in [4.69, 9.17) is 5.11 Å². The molecule has 0 spiro atoms. The minimum absolute atomic E-state index is 0.0313. The highest BCUT2D eigenvalue weighted by Crippen LogP contribution is 2.66. The van der Waals surface area contributed by atoms with Gasteiger partial charge >= 0.3 is 5.97 Å². The number of hydrogen-bond donors (Lipinski definition) is 2. The molecule has 1 aromatic rings. The van der Waals surface area contributed by atoms with Crippen molar-refractivity contribution in [2.45, 2.75) is 25.3 Å². The lowest BCUT2D eigenvalue weighted by Crippen LogP contribution is -2.14. The first-order valence-electron chi connectivity index (χ1n) is 7.05. The summed E-state index contributed by atoms with van der Waals surface area (Å²) in [6.07, 6.45) is 4.01. The van der Waals surface area contributed by atoms with E-state index in [0.29, 0.717) is 23.6 Å². The summed E-state index contributed by atoms with van der Waals surface area (Å²) in [5, 5.41) is 12.3. The van der Waals surface area contributed by atoms with Crippen molar-refractivity contribution in [3.8, 4) is 0 Å². The Labute approximate surface area is 124 Å². The van der Waals surface area contributed by atoms with E-state index < -0.39 is 11.8 Å². The zero-order valence-corrected chi connectivity index (χ0v) is 12.4. The minimum Gasteiger partial charge on any atom is -0.478 e. The number of aromatic carboxylic acids is 1. The second kappa shape index (κ2) is 4.20. The zero-order chi connectivity index (χ0) is 14.0. The molecule has 0 heterocycles. The number of anilines is 1. The number of fused-ring (bicyclic) bond motifs is 5. The van der Waals surface area contributed by atoms with Gasteiger partial charge in [0.15, 0.2) is 5.82 Å². The van der Waals surface area contributed by atoms with Gasteiger partial charge in [-0.05, 0) is 71.0 Å². The molecule has 106 valence electrons. The van der Waals surface area contributed by atoms with Crippen LogP contribution < -0.4 is 5.32 Å². The zero-order valence-electron chi connectivity index (χ0n) is 10.8. The summed E-state index contributed by atoms with van der Waals surface area (Å²) in [6.45, 7) is 0. The summed E-state index contributed by atoms with van der Waals surface area (Å²) in [6, 6.07) is 3.38. The predicted molar refractivity (Wildman–Crippen MR) is 76.3 cm³/mol. The number of benzene rings is 1. The molecule has 4 atom stereocenters. The van der Waals surface area contributed by atoms with Crippen LogP contribution in [0.4, 0.5) is 10.1 Å². The molecule has 0 amide bonds. The van der Waals surface area contributed by atoms with Gasteiger partial charge in [0.05, 0.1) is 15.7 Å². The third-order valence-electron chi connectivity index (χ3n) is 5.37. The van der Waals surface area contributed by atoms with Crippen LogP contribution in [-0.4, -0.2) is 17.1 Å². The van der Waals surface area contributed by atoms with Gasteiger partial charge in [0.1, 0.15) is 0 Å². The first-order chi connectivity index (χ1) is 9.58. The van der Waals surface area contributed by atoms with Gasteiger partial charge in [-0.1, -0.05) is 0 Å². The maximum atomic E-state index is 14.2. The van der Waals surface area contributed by atoms with Crippen LogP contribution in [0.15, 0.2) is 16.6 Å². The van der Waals surface area contributed by atoms with Crippen molar-refractivity contribution in [3.05, 3.63) is 28.0 Å². The van der Waals surface area contributed by atoms with Crippen molar-refractivity contribution in [1.82, 2.24) is 0 Å². The van der Waals surface area contributed by atoms with E-state index >= 15 is 0 Å². The Morgan fingerprint density at radius 1 is 1.30 bits per heavy atom. The molecule has 4 unspecified atom stereocenters. The summed E-state index contributed by atoms with van der Waals surface area (Å²) in [4.78, 5) is 11.0. The van der Waals surface area contributed by atoms with Crippen molar-refractivity contribution < 1.29 is 14.3 Å². The molecule has 3 aliphatic rings. The molecule has 20 heavy (non-hydrogen) atoms. The second-order valence-corrected chi connectivity index (χ2v) is 7.04. The minimum atomic E-state index is -1.12. The van der Waals surface area contributed by atoms with E-state index in [0.717, 1.165) is 11.8 Å². The van der Waals surface area contributed by atoms with Crippen LogP contribution in [-0.2, 0) is 0 Å². The molecular weight excluding hydrogens is 325 g/mol. The number of nitrogens with one attached hydrogen (secondary N) is 1. The fourth-order valence-corrected chi connectivity index (χ4v) is 5.04. The molecule has 0 aromatic heterocycles. The maximum absolute atomic E-state index is 14.2. The predicted octanol–water partition coefficient (Wildman–Crippen LogP) is 3.74. The lowest BCUT2D eigenvalue weighted by atomic mass is 10.0. The first-order valence-corrected chi connectivity index (χ1v) is 7.85. The van der Waals surface area contributed by atoms with Crippen molar-refractivity contribution in [2.75, 3.05) is 5.32 Å². The molecule has 1 aromatic carbocycles. The fourth-order valence-electron chi connectivity index (χ4n) is 4.52. The monoisotopic (exact) mass is 339 g/mol. The maximum Gasteiger partial charge on any atom is 0.336 e. The molecule has 0 radical (unpaired) electrons. The van der Waals surface area contributed by atoms with E-state index in [-0.39, 0.29) is 10.0 Å². The number of carboxylic acids is 1. The van der Waals surface area contributed by atoms with E-state index in [2.05, 4.69) is 21.2 Å². The van der Waals surface area contributed by atoms with Gasteiger partial charge in [-0.2, -0.15) is 0 Å². The summed E-state index contributed by atoms with van der Waals surface area (Å²) in [7, 11) is 0. The van der Waals surface area contributed by atoms with Crippen molar-refractivity contribution in [1.29, 1.82) is 0 Å². The van der Waals surface area contributed by atoms with E-state index in [1.807, 2.05) is 0 Å². The highest BCUT2D eigenvalue weighted by Gasteiger charge is 2.65. The third-order valence-corrected chi connectivity index (χ3v) is 6.15. The molecular formula is C15H15BrFNO2. The van der Waals surface area contributed by atoms with Crippen LogP contribution in [0, 0.1) is 29.5 Å². The average Bonchev–Trinajstić information content (AvgIpc) is 2.81. The van der Waals surface area contributed by atoms with Crippen molar-refractivity contribution in [2.24, 2.45) is 23.7 Å². The van der Waals surface area contributed by atoms with E-state index in [9.17, 15) is 9.18 Å². The topological polar surface area (TPSA) is 49.3 Å². The number of rotatable bonds is 3. The van der Waals surface area contributed by atoms with Gasteiger partial charge < -0.3 is 10.4 Å². The van der Waals surface area contributed by atoms with Gasteiger partial charge in [0.25, 0.3) is 0 Å². The Morgan fingerprint density at radius 2 is 1.95 bits per heavy atom. The molecule has 0 saturated heterocycles. The van der Waals surface area contributed by atoms with Crippen LogP contribution in [0.5, 0.6) is 0 Å². The molecule has 5 heteroatoms. The van der Waals surface area contributed by atoms with Gasteiger partial charge in [-0.3, -0.25) is 0 Å². The van der Waals surface area contributed by atoms with E-state index in [1.165, 1.54) is 25.3 Å². The Hall–Kier alpha value is -1.10. The molecule has 2 N–H and O–H groups in total. The van der Waals surface area contributed by atoms with Crippen LogP contribution in [0.25, 0.3) is 0 Å². The molecule has 4 rings (SSSR count). The normalized spacial score (nSPS) is 36.8. The first kappa shape index (κ1) is 12.6. The molecule has 2 bridgehead atoms. The highest BCUT2D eigenvalue weighted by atomic mass is 79.9. The van der Waals surface area contributed by atoms with Gasteiger partial charge in [0, 0.05) is 6.04 Å². The van der Waals surface area contributed by atoms with Crippen molar-refractivity contribution >= 4 is 27.6 Å². The largest absolute Gasteiger partial charge is 0.478 e. The Kier molecular flexibility index (Phi) is 2.65. The van der Waals surface area contributed by atoms with Crippen LogP contribution >= 0.6 is 15.9 Å². The smallest absolute Gasteiger partial charge is 0.336 e. The molecule has 0 aliphatic heterocycles. The summed E-state index contributed by atoms with van der Waals surface area (Å²) < 4.78 is 14.3. The fraction of sp³-hybridized carbons (Fsp3) is 0.533. The SMILES string of the molecule is O=C(O)c1ccc(NC2C3C4CCC(C4)C23)c(F)c1Br. The van der Waals surface area contributed by atoms with E-state index in [1.54, 1.807) is 6.07 Å². The van der Waals surface area contributed by atoms with Gasteiger partial charge in [0.2, 0.25) is 0 Å². The molecule has 3 fully saturated rings.